The molecule has 1 aromatic heterocycles. The van der Waals surface area contributed by atoms with Crippen LogP contribution in [0.15, 0.2) is 6.07 Å². The fourth-order valence-electron chi connectivity index (χ4n) is 3.03. The monoisotopic (exact) mass is 352 g/mol. The predicted octanol–water partition coefficient (Wildman–Crippen LogP) is 0.270. The van der Waals surface area contributed by atoms with Gasteiger partial charge in [0.2, 0.25) is 11.8 Å². The average molecular weight is 352 g/mol. The van der Waals surface area contributed by atoms with Crippen LogP contribution >= 0.6 is 0 Å². The van der Waals surface area contributed by atoms with Gasteiger partial charge in [0.15, 0.2) is 0 Å². The molecule has 0 radical (unpaired) electrons. The average Bonchev–Trinajstić information content (AvgIpc) is 2.75. The summed E-state index contributed by atoms with van der Waals surface area (Å²) in [5.74, 6) is -0.172. The highest BCUT2D eigenvalue weighted by molar-refractivity contribution is 5.77. The van der Waals surface area contributed by atoms with Gasteiger partial charge in [-0.25, -0.2) is 0 Å². The van der Waals surface area contributed by atoms with Crippen LogP contribution in [0.2, 0.25) is 0 Å². The molecule has 0 aliphatic carbocycles. The summed E-state index contributed by atoms with van der Waals surface area (Å²) in [5, 5.41) is 7.27. The van der Waals surface area contributed by atoms with Crippen molar-refractivity contribution >= 4 is 11.8 Å². The first-order valence-corrected chi connectivity index (χ1v) is 8.51. The van der Waals surface area contributed by atoms with Gasteiger partial charge in [-0.05, 0) is 19.9 Å². The van der Waals surface area contributed by atoms with Crippen molar-refractivity contribution in [1.82, 2.24) is 20.0 Å². The normalized spacial score (nSPS) is 21.0. The second-order valence-corrected chi connectivity index (χ2v) is 6.56. The molecule has 2 rings (SSSR count). The van der Waals surface area contributed by atoms with Gasteiger partial charge >= 0.3 is 0 Å². The van der Waals surface area contributed by atoms with Gasteiger partial charge in [-0.2, -0.15) is 5.10 Å². The molecule has 0 saturated carbocycles. The van der Waals surface area contributed by atoms with Crippen molar-refractivity contribution in [1.29, 1.82) is 0 Å². The van der Waals surface area contributed by atoms with E-state index < -0.39 is 5.60 Å². The number of carbonyl (C=O) groups excluding carboxylic acids is 2. The third-order valence-corrected chi connectivity index (χ3v) is 4.46. The Hall–Kier alpha value is -1.93. The van der Waals surface area contributed by atoms with E-state index in [2.05, 4.69) is 10.4 Å². The van der Waals surface area contributed by atoms with E-state index in [1.807, 2.05) is 24.6 Å². The SMILES string of the molecule is COC1(CC(=O)NCCn2nc(C)cc2C)COCCN(C(C)=O)C1. The van der Waals surface area contributed by atoms with E-state index in [0.717, 1.165) is 11.4 Å². The third-order valence-electron chi connectivity index (χ3n) is 4.46. The first kappa shape index (κ1) is 19.4. The molecule has 8 heteroatoms. The number of amides is 2. The van der Waals surface area contributed by atoms with Crippen LogP contribution in [-0.4, -0.2) is 72.1 Å². The van der Waals surface area contributed by atoms with Crippen molar-refractivity contribution in [3.05, 3.63) is 17.5 Å². The van der Waals surface area contributed by atoms with Crippen LogP contribution in [0.1, 0.15) is 24.7 Å². The number of hydrogen-bond acceptors (Lipinski definition) is 5. The van der Waals surface area contributed by atoms with Gasteiger partial charge in [0.1, 0.15) is 5.60 Å². The van der Waals surface area contributed by atoms with E-state index in [4.69, 9.17) is 9.47 Å². The zero-order valence-electron chi connectivity index (χ0n) is 15.5. The van der Waals surface area contributed by atoms with Crippen LogP contribution < -0.4 is 5.32 Å². The fraction of sp³-hybridized carbons (Fsp3) is 0.706. The second-order valence-electron chi connectivity index (χ2n) is 6.56. The lowest BCUT2D eigenvalue weighted by Gasteiger charge is -2.33. The van der Waals surface area contributed by atoms with Crippen molar-refractivity contribution in [2.24, 2.45) is 0 Å². The van der Waals surface area contributed by atoms with Gasteiger partial charge in [-0.1, -0.05) is 0 Å². The molecule has 0 spiro atoms. The lowest BCUT2D eigenvalue weighted by molar-refractivity contribution is -0.139. The lowest BCUT2D eigenvalue weighted by Crippen LogP contribution is -2.50. The number of ether oxygens (including phenoxy) is 2. The third kappa shape index (κ3) is 5.27. The van der Waals surface area contributed by atoms with E-state index in [1.165, 1.54) is 6.92 Å². The summed E-state index contributed by atoms with van der Waals surface area (Å²) in [5.41, 5.74) is 1.21. The summed E-state index contributed by atoms with van der Waals surface area (Å²) in [4.78, 5) is 25.7. The highest BCUT2D eigenvalue weighted by Gasteiger charge is 2.38. The Kier molecular flexibility index (Phi) is 6.55. The van der Waals surface area contributed by atoms with Crippen LogP contribution in [0.3, 0.4) is 0 Å². The smallest absolute Gasteiger partial charge is 0.223 e. The van der Waals surface area contributed by atoms with Crippen LogP contribution in [-0.2, 0) is 25.6 Å². The van der Waals surface area contributed by atoms with Gasteiger partial charge in [0, 0.05) is 32.8 Å². The molecule has 1 aliphatic heterocycles. The van der Waals surface area contributed by atoms with Gasteiger partial charge < -0.3 is 19.7 Å². The van der Waals surface area contributed by atoms with Gasteiger partial charge in [-0.3, -0.25) is 14.3 Å². The summed E-state index contributed by atoms with van der Waals surface area (Å²) in [6.07, 6.45) is 0.143. The molecule has 1 atom stereocenters. The number of aromatic nitrogens is 2. The quantitative estimate of drug-likeness (QED) is 0.794. The summed E-state index contributed by atoms with van der Waals surface area (Å²) in [7, 11) is 1.55. The molecule has 1 N–H and O–H groups in total. The Morgan fingerprint density at radius 1 is 1.44 bits per heavy atom. The van der Waals surface area contributed by atoms with Gasteiger partial charge in [0.25, 0.3) is 0 Å². The predicted molar refractivity (Wildman–Crippen MR) is 92.1 cm³/mol. The molecule has 25 heavy (non-hydrogen) atoms. The molecule has 1 unspecified atom stereocenters. The minimum absolute atomic E-state index is 0.0446. The first-order valence-electron chi connectivity index (χ1n) is 8.51. The van der Waals surface area contributed by atoms with E-state index in [-0.39, 0.29) is 24.8 Å². The number of nitrogens with zero attached hydrogens (tertiary/aromatic N) is 3. The minimum atomic E-state index is -0.815. The lowest BCUT2D eigenvalue weighted by atomic mass is 9.99. The molecule has 1 fully saturated rings. The van der Waals surface area contributed by atoms with Crippen molar-refractivity contribution in [2.45, 2.75) is 39.3 Å². The number of methoxy groups -OCH3 is 1. The van der Waals surface area contributed by atoms with Crippen molar-refractivity contribution in [3.8, 4) is 0 Å². The molecule has 2 amide bonds. The van der Waals surface area contributed by atoms with E-state index in [9.17, 15) is 9.59 Å². The maximum atomic E-state index is 12.4. The number of hydrogen-bond donors (Lipinski definition) is 1. The first-order chi connectivity index (χ1) is 11.8. The van der Waals surface area contributed by atoms with Crippen LogP contribution in [0, 0.1) is 13.8 Å². The van der Waals surface area contributed by atoms with E-state index in [1.54, 1.807) is 12.0 Å². The van der Waals surface area contributed by atoms with E-state index >= 15 is 0 Å². The Morgan fingerprint density at radius 3 is 2.80 bits per heavy atom. The molecule has 0 aromatic carbocycles. The molecular weight excluding hydrogens is 324 g/mol. The Bertz CT molecular complexity index is 616. The summed E-state index contributed by atoms with van der Waals surface area (Å²) >= 11 is 0. The maximum Gasteiger partial charge on any atom is 0.223 e. The topological polar surface area (TPSA) is 85.7 Å². The Morgan fingerprint density at radius 2 is 2.20 bits per heavy atom. The number of aryl methyl sites for hydroxylation is 2. The molecule has 1 aromatic rings. The minimum Gasteiger partial charge on any atom is -0.377 e. The van der Waals surface area contributed by atoms with Crippen molar-refractivity contribution < 1.29 is 19.1 Å². The van der Waals surface area contributed by atoms with Crippen molar-refractivity contribution in [3.63, 3.8) is 0 Å². The van der Waals surface area contributed by atoms with Gasteiger partial charge in [-0.15, -0.1) is 0 Å². The van der Waals surface area contributed by atoms with Crippen LogP contribution in [0.5, 0.6) is 0 Å². The van der Waals surface area contributed by atoms with E-state index in [0.29, 0.717) is 32.8 Å². The summed E-state index contributed by atoms with van der Waals surface area (Å²) in [6.45, 7) is 8.14. The largest absolute Gasteiger partial charge is 0.377 e. The molecular formula is C17H28N4O4. The van der Waals surface area contributed by atoms with Crippen LogP contribution in [0.4, 0.5) is 0 Å². The van der Waals surface area contributed by atoms with Crippen molar-refractivity contribution in [2.75, 3.05) is 40.0 Å². The summed E-state index contributed by atoms with van der Waals surface area (Å²) in [6, 6.07) is 2.00. The Balaban J connectivity index is 1.89. The highest BCUT2D eigenvalue weighted by Crippen LogP contribution is 2.21. The molecule has 2 heterocycles. The number of rotatable bonds is 6. The second kappa shape index (κ2) is 8.44. The molecule has 140 valence electrons. The Labute approximate surface area is 148 Å². The number of nitrogens with one attached hydrogen (secondary N) is 1. The summed E-state index contributed by atoms with van der Waals surface area (Å²) < 4.78 is 13.0. The standard InChI is InChI=1S/C17H28N4O4/c1-13-9-14(2)21(19-13)6-5-18-16(23)10-17(24-4)11-20(15(3)22)7-8-25-12-17/h9H,5-8,10-12H2,1-4H3,(H,18,23). The molecule has 1 saturated heterocycles. The molecule has 8 nitrogen and oxygen atoms in total. The zero-order valence-corrected chi connectivity index (χ0v) is 15.5. The maximum absolute atomic E-state index is 12.4. The molecule has 0 bridgehead atoms. The molecule has 1 aliphatic rings. The highest BCUT2D eigenvalue weighted by atomic mass is 16.5. The zero-order chi connectivity index (χ0) is 18.4. The van der Waals surface area contributed by atoms with Crippen LogP contribution in [0.25, 0.3) is 0 Å². The number of carbonyl (C=O) groups is 2. The fourth-order valence-corrected chi connectivity index (χ4v) is 3.03. The van der Waals surface area contributed by atoms with Gasteiger partial charge in [0.05, 0.1) is 38.4 Å².